The van der Waals surface area contributed by atoms with E-state index >= 15 is 0 Å². The van der Waals surface area contributed by atoms with Crippen molar-refractivity contribution < 1.29 is 44.0 Å². The molecule has 1 saturated carbocycles. The molecular weight excluding hydrogens is 624 g/mol. The van der Waals surface area contributed by atoms with Gasteiger partial charge in [-0.1, -0.05) is 50.8 Å². The number of esters is 1. The Labute approximate surface area is 293 Å². The van der Waals surface area contributed by atoms with Gasteiger partial charge in [-0.25, -0.2) is 0 Å². The van der Waals surface area contributed by atoms with Gasteiger partial charge >= 0.3 is 5.97 Å². The Balaban J connectivity index is 1.96. The van der Waals surface area contributed by atoms with Gasteiger partial charge in [-0.2, -0.15) is 0 Å². The zero-order valence-electron chi connectivity index (χ0n) is 31.2. The van der Waals surface area contributed by atoms with Gasteiger partial charge in [0, 0.05) is 49.4 Å². The van der Waals surface area contributed by atoms with E-state index in [9.17, 15) is 34.5 Å². The number of aliphatic hydroxyl groups excluding tert-OH is 1. The molecule has 10 atom stereocenters. The first-order valence-electron chi connectivity index (χ1n) is 18.7. The molecule has 0 spiro atoms. The monoisotopic (exact) mass is 686 g/mol. The number of ketones is 3. The molecule has 2 aliphatic heterocycles. The molecule has 3 N–H and O–H groups in total. The van der Waals surface area contributed by atoms with E-state index in [0.717, 1.165) is 24.0 Å². The van der Waals surface area contributed by atoms with Gasteiger partial charge in [0.05, 0.1) is 42.0 Å². The number of carbonyl (C=O) groups is 4. The highest BCUT2D eigenvalue weighted by Crippen LogP contribution is 2.56. The average molecular weight is 687 g/mol. The molecule has 2 heterocycles. The van der Waals surface area contributed by atoms with Gasteiger partial charge in [-0.15, -0.1) is 0 Å². The van der Waals surface area contributed by atoms with Crippen LogP contribution in [0.25, 0.3) is 0 Å². The van der Waals surface area contributed by atoms with Crippen molar-refractivity contribution in [2.24, 2.45) is 35.0 Å². The van der Waals surface area contributed by atoms with Gasteiger partial charge in [0.15, 0.2) is 0 Å². The molecule has 0 aromatic rings. The number of hydrogen-bond acceptors (Lipinski definition) is 9. The Kier molecular flexibility index (Phi) is 12.6. The molecular formula is C40H62O9. The Morgan fingerprint density at radius 3 is 2.24 bits per heavy atom. The molecule has 4 aliphatic rings. The maximum absolute atomic E-state index is 14.6. The topological polar surface area (TPSA) is 147 Å². The second-order valence-corrected chi connectivity index (χ2v) is 16.8. The summed E-state index contributed by atoms with van der Waals surface area (Å²) in [6, 6.07) is 0. The van der Waals surface area contributed by atoms with Gasteiger partial charge in [0.1, 0.15) is 17.3 Å². The van der Waals surface area contributed by atoms with Gasteiger partial charge in [0.2, 0.25) is 0 Å². The minimum absolute atomic E-state index is 0.0342. The van der Waals surface area contributed by atoms with E-state index in [4.69, 9.17) is 9.47 Å². The van der Waals surface area contributed by atoms with Gasteiger partial charge in [-0.05, 0) is 84.1 Å². The van der Waals surface area contributed by atoms with Crippen LogP contribution < -0.4 is 0 Å². The lowest BCUT2D eigenvalue weighted by atomic mass is 9.53. The number of allylic oxidation sites excluding steroid dienone is 3. The zero-order chi connectivity index (χ0) is 36.5. The van der Waals surface area contributed by atoms with Gasteiger partial charge < -0.3 is 24.8 Å². The van der Waals surface area contributed by atoms with Crippen molar-refractivity contribution in [2.45, 2.75) is 161 Å². The summed E-state index contributed by atoms with van der Waals surface area (Å²) in [5.74, 6) is -3.79. The summed E-state index contributed by atoms with van der Waals surface area (Å²) < 4.78 is 11.9. The van der Waals surface area contributed by atoms with Crippen molar-refractivity contribution in [3.63, 3.8) is 0 Å². The number of aliphatic hydroxyl groups is 3. The first-order valence-corrected chi connectivity index (χ1v) is 18.7. The van der Waals surface area contributed by atoms with Crippen molar-refractivity contribution in [1.29, 1.82) is 0 Å². The van der Waals surface area contributed by atoms with Crippen molar-refractivity contribution in [3.8, 4) is 0 Å². The second kappa shape index (κ2) is 15.6. The van der Waals surface area contributed by atoms with E-state index in [1.54, 1.807) is 13.8 Å². The highest BCUT2D eigenvalue weighted by atomic mass is 16.5. The lowest BCUT2D eigenvalue weighted by molar-refractivity contribution is -0.219. The van der Waals surface area contributed by atoms with E-state index in [-0.39, 0.29) is 61.3 Å². The second-order valence-electron chi connectivity index (χ2n) is 16.8. The Bertz CT molecular complexity index is 1320. The SMILES string of the molecule is COC(=O)[C@@]12CC(=O)[C@@H](C(C)C)CC(=O)[C@@H](C)CCCCCC(=O)[C@@H]1CC(C)=C1[C@H]2/C=C(\C)CC[C@H]2O[C@@H](CC[C@]2(C)O)[C@](C)(O)C[C@@H]1O. The maximum atomic E-state index is 14.6. The van der Waals surface area contributed by atoms with Crippen molar-refractivity contribution in [3.05, 3.63) is 22.8 Å². The smallest absolute Gasteiger partial charge is 0.313 e. The summed E-state index contributed by atoms with van der Waals surface area (Å²) in [6.07, 6.45) is 4.25. The Morgan fingerprint density at radius 1 is 0.918 bits per heavy atom. The number of methoxy groups -OCH3 is 1. The van der Waals surface area contributed by atoms with Gasteiger partial charge in [0.25, 0.3) is 0 Å². The minimum Gasteiger partial charge on any atom is -0.469 e. The van der Waals surface area contributed by atoms with Crippen molar-refractivity contribution in [2.75, 3.05) is 7.11 Å². The lowest BCUT2D eigenvalue weighted by Gasteiger charge is -2.50. The van der Waals surface area contributed by atoms with Crippen LogP contribution in [0.1, 0.15) is 132 Å². The summed E-state index contributed by atoms with van der Waals surface area (Å²) in [7, 11) is 1.28. The van der Waals surface area contributed by atoms with E-state index in [1.807, 2.05) is 40.7 Å². The fourth-order valence-corrected chi connectivity index (χ4v) is 9.28. The van der Waals surface area contributed by atoms with Crippen LogP contribution in [0.3, 0.4) is 0 Å². The summed E-state index contributed by atoms with van der Waals surface area (Å²) in [4.78, 5) is 56.9. The first kappa shape index (κ1) is 39.6. The molecule has 49 heavy (non-hydrogen) atoms. The minimum atomic E-state index is -1.67. The average Bonchev–Trinajstić information content (AvgIpc) is 3.01. The fourth-order valence-electron chi connectivity index (χ4n) is 9.28. The molecule has 0 amide bonds. The van der Waals surface area contributed by atoms with Crippen LogP contribution >= 0.6 is 0 Å². The molecule has 0 radical (unpaired) electrons. The van der Waals surface area contributed by atoms with E-state index in [1.165, 1.54) is 7.11 Å². The number of ether oxygens (including phenoxy) is 2. The van der Waals surface area contributed by atoms with Gasteiger partial charge in [-0.3, -0.25) is 19.2 Å². The van der Waals surface area contributed by atoms with Crippen LogP contribution in [0.2, 0.25) is 0 Å². The maximum Gasteiger partial charge on any atom is 0.313 e. The number of hydrogen-bond donors (Lipinski definition) is 3. The van der Waals surface area contributed by atoms with Crippen LogP contribution in [0.5, 0.6) is 0 Å². The summed E-state index contributed by atoms with van der Waals surface area (Å²) >= 11 is 0. The van der Waals surface area contributed by atoms with Crippen LogP contribution in [0.4, 0.5) is 0 Å². The molecule has 2 aliphatic carbocycles. The van der Waals surface area contributed by atoms with Crippen LogP contribution in [-0.2, 0) is 28.7 Å². The van der Waals surface area contributed by atoms with E-state index in [0.29, 0.717) is 44.1 Å². The Hall–Kier alpha value is -2.20. The molecule has 276 valence electrons. The molecule has 9 nitrogen and oxygen atoms in total. The molecule has 0 unspecified atom stereocenters. The third kappa shape index (κ3) is 8.31. The van der Waals surface area contributed by atoms with E-state index < -0.39 is 58.7 Å². The normalized spacial score (nSPS) is 41.8. The summed E-state index contributed by atoms with van der Waals surface area (Å²) in [6.45, 7) is 12.9. The van der Waals surface area contributed by atoms with Crippen LogP contribution in [0, 0.1) is 35.0 Å². The standard InChI is InChI=1S/C40H62O9/c1-23(2)27-20-31(42)25(4)12-10-9-11-13-30(41)28-19-26(5)36-29(40(28,22-32(27)43)37(45)48-8)18-24(3)14-15-34-38(6,46)17-16-35(49-34)39(7,47)21-33(36)44/h18,23,25,27-29,33-35,44,46-47H,9-17,19-22H2,1-8H3/b24-18+/t25-,27+,28-,29+,33-,34+,35-,38-,39+,40-/m0/s1. The molecule has 9 heteroatoms. The Morgan fingerprint density at radius 2 is 1.59 bits per heavy atom. The van der Waals surface area contributed by atoms with Crippen LogP contribution in [-0.4, -0.2) is 75.3 Å². The van der Waals surface area contributed by atoms with Crippen molar-refractivity contribution >= 4 is 23.3 Å². The number of Topliss-reactive ketones (excluding diaryl/α,β-unsaturated/α-hetero) is 3. The molecule has 2 bridgehead atoms. The summed E-state index contributed by atoms with van der Waals surface area (Å²) in [5, 5.41) is 35.2. The fraction of sp³-hybridized carbons (Fsp3) is 0.800. The molecule has 1 saturated heterocycles. The number of carbonyl (C=O) groups excluding carboxylic acids is 4. The summed E-state index contributed by atoms with van der Waals surface area (Å²) in [5.41, 5.74) is -2.10. The largest absolute Gasteiger partial charge is 0.469 e. The molecule has 4 rings (SSSR count). The predicted molar refractivity (Wildman–Crippen MR) is 186 cm³/mol. The number of fused-ring (bicyclic) bond motifs is 5. The van der Waals surface area contributed by atoms with E-state index in [2.05, 4.69) is 0 Å². The quantitative estimate of drug-likeness (QED) is 0.235. The predicted octanol–water partition coefficient (Wildman–Crippen LogP) is 6.00. The highest BCUT2D eigenvalue weighted by molar-refractivity contribution is 5.97. The van der Waals surface area contributed by atoms with Crippen LogP contribution in [0.15, 0.2) is 22.8 Å². The highest BCUT2D eigenvalue weighted by Gasteiger charge is 2.60. The molecule has 2 fully saturated rings. The zero-order valence-corrected chi connectivity index (χ0v) is 31.2. The molecule has 0 aromatic heterocycles. The molecule has 0 aromatic carbocycles. The lowest BCUT2D eigenvalue weighted by Crippen LogP contribution is -2.57. The number of rotatable bonds is 2. The van der Waals surface area contributed by atoms with Crippen molar-refractivity contribution in [1.82, 2.24) is 0 Å². The third-order valence-electron chi connectivity index (χ3n) is 12.5. The third-order valence-corrected chi connectivity index (χ3v) is 12.5. The first-order chi connectivity index (χ1) is 22.8.